The third-order valence-corrected chi connectivity index (χ3v) is 6.22. The van der Waals surface area contributed by atoms with Crippen LogP contribution in [0.3, 0.4) is 0 Å². The van der Waals surface area contributed by atoms with Crippen molar-refractivity contribution in [3.8, 4) is 0 Å². The molecule has 0 saturated carbocycles. The molecule has 2 aromatic carbocycles. The molecule has 2 heterocycles. The topological polar surface area (TPSA) is 58.6 Å². The summed E-state index contributed by atoms with van der Waals surface area (Å²) in [5.74, 6) is 0.149. The van der Waals surface area contributed by atoms with Crippen molar-refractivity contribution in [2.45, 2.75) is 31.1 Å². The maximum absolute atomic E-state index is 13.3. The highest BCUT2D eigenvalue weighted by molar-refractivity contribution is 9.10. The minimum atomic E-state index is -0.595. The molecule has 2 aliphatic heterocycles. The predicted octanol–water partition coefficient (Wildman–Crippen LogP) is 4.26. The van der Waals surface area contributed by atoms with E-state index < -0.39 is 5.41 Å². The Labute approximate surface area is 173 Å². The molecule has 28 heavy (non-hydrogen) atoms. The van der Waals surface area contributed by atoms with Gasteiger partial charge in [0.2, 0.25) is 11.8 Å². The fourth-order valence-corrected chi connectivity index (χ4v) is 4.30. The van der Waals surface area contributed by atoms with E-state index in [1.807, 2.05) is 48.5 Å². The van der Waals surface area contributed by atoms with Gasteiger partial charge < -0.3 is 15.0 Å². The fraction of sp³-hybridized carbons (Fsp3) is 0.364. The number of hydrogen-bond acceptors (Lipinski definition) is 3. The largest absolute Gasteiger partial charge is 0.381 e. The van der Waals surface area contributed by atoms with Crippen molar-refractivity contribution >= 4 is 39.1 Å². The van der Waals surface area contributed by atoms with Crippen LogP contribution in [0.2, 0.25) is 0 Å². The Morgan fingerprint density at radius 2 is 1.71 bits per heavy atom. The van der Waals surface area contributed by atoms with E-state index in [-0.39, 0.29) is 11.8 Å². The highest BCUT2D eigenvalue weighted by atomic mass is 79.9. The molecular formula is C22H23BrN2O3. The van der Waals surface area contributed by atoms with Crippen LogP contribution < -0.4 is 10.2 Å². The maximum atomic E-state index is 13.3. The quantitative estimate of drug-likeness (QED) is 0.768. The molecule has 5 nitrogen and oxygen atoms in total. The number of ether oxygens (including phenoxy) is 1. The van der Waals surface area contributed by atoms with Crippen molar-refractivity contribution in [1.29, 1.82) is 0 Å². The van der Waals surface area contributed by atoms with Gasteiger partial charge in [0.25, 0.3) is 0 Å². The third-order valence-electron chi connectivity index (χ3n) is 5.69. The summed E-state index contributed by atoms with van der Waals surface area (Å²) >= 11 is 3.46. The molecule has 2 fully saturated rings. The second-order valence-corrected chi connectivity index (χ2v) is 8.27. The average Bonchev–Trinajstić information content (AvgIpc) is 3.15. The number of anilines is 2. The number of nitrogens with one attached hydrogen (secondary N) is 1. The van der Waals surface area contributed by atoms with Crippen LogP contribution in [0.15, 0.2) is 53.0 Å². The molecule has 0 bridgehead atoms. The monoisotopic (exact) mass is 442 g/mol. The number of nitrogens with zero attached hydrogens (tertiary/aromatic N) is 1. The van der Waals surface area contributed by atoms with Crippen molar-refractivity contribution < 1.29 is 14.3 Å². The summed E-state index contributed by atoms with van der Waals surface area (Å²) in [6.07, 6.45) is 2.81. The van der Waals surface area contributed by atoms with Crippen LogP contribution in [0.1, 0.15) is 31.2 Å². The lowest BCUT2D eigenvalue weighted by Crippen LogP contribution is -2.44. The Hall–Kier alpha value is -2.18. The first kappa shape index (κ1) is 19.2. The van der Waals surface area contributed by atoms with Crippen molar-refractivity contribution in [2.75, 3.05) is 30.0 Å². The van der Waals surface area contributed by atoms with Crippen LogP contribution in [0.25, 0.3) is 0 Å². The first-order chi connectivity index (χ1) is 13.6. The van der Waals surface area contributed by atoms with Gasteiger partial charge in [0.1, 0.15) is 0 Å². The fourth-order valence-electron chi connectivity index (χ4n) is 4.03. The van der Waals surface area contributed by atoms with Crippen molar-refractivity contribution in [3.05, 3.63) is 58.6 Å². The van der Waals surface area contributed by atoms with Crippen LogP contribution in [-0.4, -0.2) is 31.6 Å². The molecule has 0 atom stereocenters. The summed E-state index contributed by atoms with van der Waals surface area (Å²) in [7, 11) is 0. The van der Waals surface area contributed by atoms with Crippen LogP contribution >= 0.6 is 15.9 Å². The van der Waals surface area contributed by atoms with Crippen LogP contribution in [0.5, 0.6) is 0 Å². The Morgan fingerprint density at radius 3 is 2.32 bits per heavy atom. The zero-order chi connectivity index (χ0) is 19.6. The van der Waals surface area contributed by atoms with Gasteiger partial charge in [0, 0.05) is 42.0 Å². The number of halogens is 1. The molecule has 0 aromatic heterocycles. The minimum absolute atomic E-state index is 0.0110. The summed E-state index contributed by atoms with van der Waals surface area (Å²) in [6.45, 7) is 1.90. The molecule has 146 valence electrons. The lowest BCUT2D eigenvalue weighted by atomic mass is 9.73. The summed E-state index contributed by atoms with van der Waals surface area (Å²) < 4.78 is 6.52. The number of carbonyl (C=O) groups excluding carboxylic acids is 2. The molecule has 1 N–H and O–H groups in total. The highest BCUT2D eigenvalue weighted by Crippen LogP contribution is 2.37. The zero-order valence-corrected chi connectivity index (χ0v) is 17.2. The van der Waals surface area contributed by atoms with E-state index >= 15 is 0 Å². The van der Waals surface area contributed by atoms with Gasteiger partial charge >= 0.3 is 0 Å². The number of rotatable bonds is 4. The number of carbonyl (C=O) groups is 2. The van der Waals surface area contributed by atoms with Gasteiger partial charge in [-0.25, -0.2) is 0 Å². The van der Waals surface area contributed by atoms with Gasteiger partial charge in [-0.2, -0.15) is 0 Å². The molecule has 0 radical (unpaired) electrons. The lowest BCUT2D eigenvalue weighted by molar-refractivity contribution is -0.125. The third kappa shape index (κ3) is 3.71. The Morgan fingerprint density at radius 1 is 1.04 bits per heavy atom. The molecule has 4 rings (SSSR count). The molecule has 2 amide bonds. The summed E-state index contributed by atoms with van der Waals surface area (Å²) in [6, 6.07) is 15.5. The van der Waals surface area contributed by atoms with Gasteiger partial charge in [0.05, 0.1) is 5.41 Å². The predicted molar refractivity (Wildman–Crippen MR) is 113 cm³/mol. The molecule has 0 spiro atoms. The highest BCUT2D eigenvalue weighted by Gasteiger charge is 2.41. The lowest BCUT2D eigenvalue weighted by Gasteiger charge is -2.36. The summed E-state index contributed by atoms with van der Waals surface area (Å²) in [5, 5.41) is 3.08. The number of hydrogen-bond donors (Lipinski definition) is 1. The van der Waals surface area contributed by atoms with Gasteiger partial charge in [-0.05, 0) is 61.2 Å². The summed E-state index contributed by atoms with van der Waals surface area (Å²) in [4.78, 5) is 27.0. The first-order valence-corrected chi connectivity index (χ1v) is 10.4. The van der Waals surface area contributed by atoms with Crippen molar-refractivity contribution in [1.82, 2.24) is 0 Å². The SMILES string of the molecule is O=C1CCCN1c1ccc(NC(=O)C2(c3ccc(Br)cc3)CCOCC2)cc1. The van der Waals surface area contributed by atoms with E-state index in [0.29, 0.717) is 32.5 Å². The van der Waals surface area contributed by atoms with Crippen LogP contribution in [0.4, 0.5) is 11.4 Å². The van der Waals surface area contributed by atoms with Gasteiger partial charge in [-0.1, -0.05) is 28.1 Å². The van der Waals surface area contributed by atoms with Gasteiger partial charge in [0.15, 0.2) is 0 Å². The molecule has 2 aliphatic rings. The van der Waals surface area contributed by atoms with E-state index in [4.69, 9.17) is 4.74 Å². The molecule has 6 heteroatoms. The Kier molecular flexibility index (Phi) is 5.51. The van der Waals surface area contributed by atoms with E-state index in [9.17, 15) is 9.59 Å². The molecule has 0 aliphatic carbocycles. The number of amides is 2. The second-order valence-electron chi connectivity index (χ2n) is 7.35. The standard InChI is InChI=1S/C22H23BrN2O3/c23-17-5-3-16(4-6-17)22(11-14-28-15-12-22)21(27)24-18-7-9-19(10-8-18)25-13-1-2-20(25)26/h3-10H,1-2,11-15H2,(H,24,27). The van der Waals surface area contributed by atoms with Crippen LogP contribution in [0, 0.1) is 0 Å². The van der Waals surface area contributed by atoms with Gasteiger partial charge in [-0.3, -0.25) is 9.59 Å². The Balaban J connectivity index is 1.54. The van der Waals surface area contributed by atoms with E-state index in [0.717, 1.165) is 34.4 Å². The van der Waals surface area contributed by atoms with Crippen molar-refractivity contribution in [3.63, 3.8) is 0 Å². The molecule has 0 unspecified atom stereocenters. The van der Waals surface area contributed by atoms with Gasteiger partial charge in [-0.15, -0.1) is 0 Å². The van der Waals surface area contributed by atoms with Crippen LogP contribution in [-0.2, 0) is 19.7 Å². The smallest absolute Gasteiger partial charge is 0.235 e. The molecule has 2 saturated heterocycles. The Bertz CT molecular complexity index is 858. The van der Waals surface area contributed by atoms with Crippen molar-refractivity contribution in [2.24, 2.45) is 0 Å². The maximum Gasteiger partial charge on any atom is 0.235 e. The van der Waals surface area contributed by atoms with E-state index in [1.165, 1.54) is 0 Å². The molecule has 2 aromatic rings. The summed E-state index contributed by atoms with van der Waals surface area (Å²) in [5.41, 5.74) is 2.04. The zero-order valence-electron chi connectivity index (χ0n) is 15.6. The normalized spacial score (nSPS) is 18.9. The average molecular weight is 443 g/mol. The number of benzene rings is 2. The first-order valence-electron chi connectivity index (χ1n) is 9.64. The van der Waals surface area contributed by atoms with E-state index in [1.54, 1.807) is 4.90 Å². The molecular weight excluding hydrogens is 420 g/mol. The minimum Gasteiger partial charge on any atom is -0.381 e. The van der Waals surface area contributed by atoms with E-state index in [2.05, 4.69) is 21.2 Å². The second kappa shape index (κ2) is 8.05.